The Kier molecular flexibility index (Phi) is 7.64. The lowest BCUT2D eigenvalue weighted by Crippen LogP contribution is -2.28. The van der Waals surface area contributed by atoms with E-state index in [1.54, 1.807) is 37.7 Å². The number of aromatic nitrogens is 2. The molecule has 0 spiro atoms. The Morgan fingerprint density at radius 1 is 1.15 bits per heavy atom. The molecule has 200 valence electrons. The van der Waals surface area contributed by atoms with E-state index in [2.05, 4.69) is 35.4 Å². The van der Waals surface area contributed by atoms with Crippen LogP contribution in [0.2, 0.25) is 0 Å². The maximum absolute atomic E-state index is 13.7. The minimum atomic E-state index is -0.223. The molecular formula is C33H34FN3O2. The summed E-state index contributed by atoms with van der Waals surface area (Å²) in [6, 6.07) is 19.2. The second kappa shape index (κ2) is 11.3. The maximum atomic E-state index is 13.7. The molecule has 6 heteroatoms. The van der Waals surface area contributed by atoms with E-state index in [1.165, 1.54) is 16.7 Å². The first-order valence-electron chi connectivity index (χ1n) is 13.4. The summed E-state index contributed by atoms with van der Waals surface area (Å²) in [6.45, 7) is 4.67. The highest BCUT2D eigenvalue weighted by Gasteiger charge is 2.40. The molecular weight excluding hydrogens is 489 g/mol. The molecule has 1 unspecified atom stereocenters. The van der Waals surface area contributed by atoms with Crippen molar-refractivity contribution in [3.8, 4) is 11.4 Å². The minimum absolute atomic E-state index is 0.137. The Labute approximate surface area is 229 Å². The quantitative estimate of drug-likeness (QED) is 0.202. The molecule has 1 aliphatic carbocycles. The summed E-state index contributed by atoms with van der Waals surface area (Å²) in [5, 5.41) is 3.03. The first-order chi connectivity index (χ1) is 18.9. The van der Waals surface area contributed by atoms with Crippen LogP contribution in [-0.2, 0) is 16.6 Å². The van der Waals surface area contributed by atoms with Gasteiger partial charge in [0.1, 0.15) is 11.6 Å². The number of halogens is 1. The molecule has 4 aromatic rings. The molecule has 1 heterocycles. The second-order valence-corrected chi connectivity index (χ2v) is 10.3. The number of methoxy groups -OCH3 is 1. The second-order valence-electron chi connectivity index (χ2n) is 10.3. The Bertz CT molecular complexity index is 1510. The van der Waals surface area contributed by atoms with E-state index in [0.717, 1.165) is 48.2 Å². The van der Waals surface area contributed by atoms with E-state index >= 15 is 0 Å². The third-order valence-electron chi connectivity index (χ3n) is 7.82. The van der Waals surface area contributed by atoms with Gasteiger partial charge in [-0.3, -0.25) is 4.79 Å². The number of nitrogens with one attached hydrogen (secondary N) is 1. The first kappa shape index (κ1) is 26.4. The van der Waals surface area contributed by atoms with Crippen LogP contribution in [0.25, 0.3) is 11.8 Å². The zero-order chi connectivity index (χ0) is 27.4. The molecule has 3 aromatic carbocycles. The van der Waals surface area contributed by atoms with Crippen molar-refractivity contribution >= 4 is 12.0 Å². The van der Waals surface area contributed by atoms with Crippen molar-refractivity contribution < 1.29 is 13.9 Å². The van der Waals surface area contributed by atoms with Crippen molar-refractivity contribution in [2.45, 2.75) is 44.9 Å². The maximum Gasteiger partial charge on any atom is 0.243 e. The fourth-order valence-electron chi connectivity index (χ4n) is 5.83. The topological polar surface area (TPSA) is 56.1 Å². The van der Waals surface area contributed by atoms with Crippen LogP contribution in [0, 0.1) is 19.7 Å². The van der Waals surface area contributed by atoms with Crippen molar-refractivity contribution in [1.29, 1.82) is 0 Å². The van der Waals surface area contributed by atoms with Crippen LogP contribution in [0.4, 0.5) is 4.39 Å². The van der Waals surface area contributed by atoms with Crippen molar-refractivity contribution in [2.75, 3.05) is 13.7 Å². The monoisotopic (exact) mass is 523 g/mol. The molecule has 39 heavy (non-hydrogen) atoms. The molecule has 0 bridgehead atoms. The molecule has 0 saturated carbocycles. The number of aryl methyl sites for hydroxylation is 2. The van der Waals surface area contributed by atoms with E-state index in [1.807, 2.05) is 48.0 Å². The van der Waals surface area contributed by atoms with E-state index in [0.29, 0.717) is 12.3 Å². The van der Waals surface area contributed by atoms with Gasteiger partial charge >= 0.3 is 0 Å². The molecule has 1 aliphatic rings. The lowest BCUT2D eigenvalue weighted by Gasteiger charge is -2.32. The number of nitrogens with zero attached hydrogens (tertiary/aromatic N) is 2. The number of imidazole rings is 1. The Morgan fingerprint density at radius 2 is 1.97 bits per heavy atom. The highest BCUT2D eigenvalue weighted by atomic mass is 19.1. The number of amides is 1. The molecule has 1 N–H and O–H groups in total. The van der Waals surface area contributed by atoms with Gasteiger partial charge < -0.3 is 14.6 Å². The van der Waals surface area contributed by atoms with Gasteiger partial charge in [-0.05, 0) is 97.7 Å². The first-order valence-corrected chi connectivity index (χ1v) is 13.4. The number of hydrogen-bond acceptors (Lipinski definition) is 3. The predicted octanol–water partition coefficient (Wildman–Crippen LogP) is 6.48. The fraction of sp³-hybridized carbons (Fsp3) is 0.273. The number of ether oxygens (including phenoxy) is 1. The smallest absolute Gasteiger partial charge is 0.243 e. The summed E-state index contributed by atoms with van der Waals surface area (Å²) in [5.41, 5.74) is 7.70. The third-order valence-corrected chi connectivity index (χ3v) is 7.82. The highest BCUT2D eigenvalue weighted by Crippen LogP contribution is 2.48. The molecule has 0 saturated heterocycles. The summed E-state index contributed by atoms with van der Waals surface area (Å²) in [4.78, 5) is 16.9. The lowest BCUT2D eigenvalue weighted by molar-refractivity contribution is -0.116. The highest BCUT2D eigenvalue weighted by molar-refractivity contribution is 5.91. The molecule has 1 aromatic heterocycles. The van der Waals surface area contributed by atoms with E-state index in [4.69, 9.17) is 4.74 Å². The largest absolute Gasteiger partial charge is 0.495 e. The zero-order valence-corrected chi connectivity index (χ0v) is 22.7. The van der Waals surface area contributed by atoms with E-state index < -0.39 is 0 Å². The summed E-state index contributed by atoms with van der Waals surface area (Å²) in [5.74, 6) is 0.342. The minimum Gasteiger partial charge on any atom is -0.495 e. The van der Waals surface area contributed by atoms with Gasteiger partial charge in [-0.1, -0.05) is 36.4 Å². The molecule has 5 nitrogen and oxygen atoms in total. The molecule has 0 aliphatic heterocycles. The van der Waals surface area contributed by atoms with Gasteiger partial charge in [0.25, 0.3) is 0 Å². The van der Waals surface area contributed by atoms with Crippen molar-refractivity contribution in [3.63, 3.8) is 0 Å². The van der Waals surface area contributed by atoms with Crippen LogP contribution in [0.3, 0.4) is 0 Å². The normalized spacial score (nSPS) is 16.4. The van der Waals surface area contributed by atoms with Crippen molar-refractivity contribution in [3.05, 3.63) is 119 Å². The van der Waals surface area contributed by atoms with Crippen molar-refractivity contribution in [2.24, 2.45) is 0 Å². The number of rotatable bonds is 9. The third kappa shape index (κ3) is 5.51. The number of benzene rings is 3. The molecule has 1 amide bonds. The SMILES string of the molecule is COc1cc(/C=C/C(=O)NCCCC2(c3ccc(F)cc3)CCc3c(C)cccc32)ccc1-n1cnc(C)c1. The van der Waals surface area contributed by atoms with Crippen LogP contribution < -0.4 is 10.1 Å². The number of fused-ring (bicyclic) bond motifs is 1. The molecule has 5 rings (SSSR count). The Hall–Kier alpha value is -4.19. The standard InChI is InChI=1S/C33H34FN3O2/c1-23-6-4-7-29-28(23)16-18-33(29,26-10-12-27(34)13-11-26)17-5-19-35-32(38)15-9-25-8-14-30(31(20-25)39-3)37-21-24(2)36-22-37/h4,6-15,20-22H,5,16-19H2,1-3H3,(H,35,38)/b15-9+. The summed E-state index contributed by atoms with van der Waals surface area (Å²) >= 11 is 0. The van der Waals surface area contributed by atoms with Crippen LogP contribution in [0.1, 0.15) is 52.8 Å². The fourth-order valence-corrected chi connectivity index (χ4v) is 5.83. The van der Waals surface area contributed by atoms with E-state index in [-0.39, 0.29) is 17.1 Å². The Morgan fingerprint density at radius 3 is 2.72 bits per heavy atom. The number of hydrogen-bond donors (Lipinski definition) is 1. The van der Waals surface area contributed by atoms with Gasteiger partial charge in [-0.25, -0.2) is 9.37 Å². The van der Waals surface area contributed by atoms with Gasteiger partial charge in [0, 0.05) is 24.2 Å². The van der Waals surface area contributed by atoms with Crippen molar-refractivity contribution in [1.82, 2.24) is 14.9 Å². The lowest BCUT2D eigenvalue weighted by atomic mass is 9.72. The average molecular weight is 524 g/mol. The summed E-state index contributed by atoms with van der Waals surface area (Å²) < 4.78 is 21.2. The van der Waals surface area contributed by atoms with Gasteiger partial charge in [0.2, 0.25) is 5.91 Å². The Balaban J connectivity index is 1.23. The van der Waals surface area contributed by atoms with Crippen LogP contribution in [0.5, 0.6) is 5.75 Å². The molecule has 0 radical (unpaired) electrons. The van der Waals surface area contributed by atoms with Gasteiger partial charge in [0.05, 0.1) is 24.8 Å². The summed E-state index contributed by atoms with van der Waals surface area (Å²) in [7, 11) is 1.63. The van der Waals surface area contributed by atoms with Gasteiger partial charge in [-0.2, -0.15) is 0 Å². The zero-order valence-electron chi connectivity index (χ0n) is 22.7. The van der Waals surface area contributed by atoms with E-state index in [9.17, 15) is 9.18 Å². The predicted molar refractivity (Wildman–Crippen MR) is 153 cm³/mol. The number of carbonyl (C=O) groups is 1. The molecule has 1 atom stereocenters. The van der Waals surface area contributed by atoms with Crippen LogP contribution in [0.15, 0.2) is 79.3 Å². The van der Waals surface area contributed by atoms with Crippen LogP contribution >= 0.6 is 0 Å². The number of carbonyl (C=O) groups excluding carboxylic acids is 1. The average Bonchev–Trinajstić information content (AvgIpc) is 3.55. The summed E-state index contributed by atoms with van der Waals surface area (Å²) in [6.07, 6.45) is 10.7. The molecule has 0 fully saturated rings. The van der Waals surface area contributed by atoms with Crippen LogP contribution in [-0.4, -0.2) is 29.1 Å². The van der Waals surface area contributed by atoms with Gasteiger partial charge in [-0.15, -0.1) is 0 Å². The van der Waals surface area contributed by atoms with Gasteiger partial charge in [0.15, 0.2) is 0 Å².